The van der Waals surface area contributed by atoms with Crippen LogP contribution in [-0.2, 0) is 19.5 Å². The van der Waals surface area contributed by atoms with Gasteiger partial charge in [-0.2, -0.15) is 0 Å². The minimum absolute atomic E-state index is 0. The smallest absolute Gasteiger partial charge is 0.226 e. The predicted octanol–water partition coefficient (Wildman–Crippen LogP) is 4.13. The van der Waals surface area contributed by atoms with E-state index in [4.69, 9.17) is 4.42 Å². The topological polar surface area (TPSA) is 65.7 Å². The molecule has 1 aliphatic heterocycles. The van der Waals surface area contributed by atoms with E-state index in [1.165, 1.54) is 5.56 Å². The van der Waals surface area contributed by atoms with E-state index < -0.39 is 0 Å². The number of rotatable bonds is 6. The van der Waals surface area contributed by atoms with E-state index >= 15 is 0 Å². The van der Waals surface area contributed by atoms with Gasteiger partial charge in [-0.25, -0.2) is 4.98 Å². The van der Waals surface area contributed by atoms with Gasteiger partial charge in [-0.1, -0.05) is 18.2 Å². The summed E-state index contributed by atoms with van der Waals surface area (Å²) >= 11 is 1.88. The molecule has 0 saturated carbocycles. The van der Waals surface area contributed by atoms with Crippen LogP contribution >= 0.6 is 35.3 Å². The highest BCUT2D eigenvalue weighted by Crippen LogP contribution is 2.25. The number of aliphatic imine (C=N–C) groups is 1. The molecular weight excluding hydrogens is 509 g/mol. The molecule has 3 heterocycles. The number of benzene rings is 1. The molecule has 0 saturated heterocycles. The third-order valence-corrected chi connectivity index (χ3v) is 6.28. The van der Waals surface area contributed by atoms with Gasteiger partial charge in [0.25, 0.3) is 0 Å². The number of aromatic nitrogens is 1. The van der Waals surface area contributed by atoms with Gasteiger partial charge in [-0.3, -0.25) is 9.89 Å². The third-order valence-electron chi connectivity index (χ3n) is 5.26. The molecule has 1 aromatic carbocycles. The lowest BCUT2D eigenvalue weighted by atomic mass is 10.1. The van der Waals surface area contributed by atoms with Gasteiger partial charge in [-0.05, 0) is 42.5 Å². The Labute approximate surface area is 198 Å². The maximum atomic E-state index is 5.60. The minimum Gasteiger partial charge on any atom is -0.444 e. The fourth-order valence-corrected chi connectivity index (χ4v) is 4.41. The zero-order chi connectivity index (χ0) is 20.1. The normalized spacial score (nSPS) is 15.2. The van der Waals surface area contributed by atoms with Gasteiger partial charge in [0.1, 0.15) is 6.26 Å². The van der Waals surface area contributed by atoms with Crippen LogP contribution in [0.2, 0.25) is 0 Å². The average molecular weight is 537 g/mol. The average Bonchev–Trinajstić information content (AvgIpc) is 3.43. The van der Waals surface area contributed by atoms with Gasteiger partial charge in [0, 0.05) is 43.2 Å². The molecule has 8 heteroatoms. The second-order valence-corrected chi connectivity index (χ2v) is 8.26. The van der Waals surface area contributed by atoms with Crippen LogP contribution in [0, 0.1) is 0 Å². The fraction of sp³-hybridized carbons (Fsp3) is 0.364. The first kappa shape index (κ1) is 22.8. The summed E-state index contributed by atoms with van der Waals surface area (Å²) in [6.07, 6.45) is 2.84. The Morgan fingerprint density at radius 2 is 2.10 bits per heavy atom. The Balaban J connectivity index is 0.00000256. The highest BCUT2D eigenvalue weighted by atomic mass is 127. The summed E-state index contributed by atoms with van der Waals surface area (Å²) in [5.74, 6) is 1.41. The van der Waals surface area contributed by atoms with Crippen molar-refractivity contribution < 1.29 is 4.42 Å². The molecule has 1 aliphatic rings. The van der Waals surface area contributed by atoms with Crippen molar-refractivity contribution in [1.29, 1.82) is 0 Å². The predicted molar refractivity (Wildman–Crippen MR) is 133 cm³/mol. The van der Waals surface area contributed by atoms with Crippen LogP contribution in [0.1, 0.15) is 23.1 Å². The zero-order valence-electron chi connectivity index (χ0n) is 17.3. The summed E-state index contributed by atoms with van der Waals surface area (Å²) in [6.45, 7) is 5.82. The van der Waals surface area contributed by atoms with Crippen molar-refractivity contribution >= 4 is 41.3 Å². The molecule has 0 bridgehead atoms. The van der Waals surface area contributed by atoms with E-state index in [-0.39, 0.29) is 24.0 Å². The second-order valence-electron chi connectivity index (χ2n) is 7.26. The summed E-state index contributed by atoms with van der Waals surface area (Å²) in [5, 5.41) is 8.96. The quantitative estimate of drug-likeness (QED) is 0.281. The Morgan fingerprint density at radius 1 is 1.27 bits per heavy atom. The van der Waals surface area contributed by atoms with Crippen LogP contribution in [-0.4, -0.2) is 42.0 Å². The number of halogens is 1. The molecule has 3 aromatic rings. The zero-order valence-corrected chi connectivity index (χ0v) is 20.4. The van der Waals surface area contributed by atoms with Crippen LogP contribution < -0.4 is 10.6 Å². The van der Waals surface area contributed by atoms with E-state index in [2.05, 4.69) is 43.9 Å². The summed E-state index contributed by atoms with van der Waals surface area (Å²) in [4.78, 5) is 13.0. The Bertz CT molecular complexity index is 955. The first-order chi connectivity index (χ1) is 14.2. The number of guanidine groups is 1. The van der Waals surface area contributed by atoms with Crippen molar-refractivity contribution in [1.82, 2.24) is 20.5 Å². The molecule has 30 heavy (non-hydrogen) atoms. The van der Waals surface area contributed by atoms with Gasteiger partial charge in [0.05, 0.1) is 12.2 Å². The van der Waals surface area contributed by atoms with Crippen molar-refractivity contribution in [2.24, 2.45) is 4.99 Å². The van der Waals surface area contributed by atoms with E-state index in [0.717, 1.165) is 43.3 Å². The first-order valence-electron chi connectivity index (χ1n) is 9.96. The van der Waals surface area contributed by atoms with Crippen LogP contribution in [0.5, 0.6) is 0 Å². The van der Waals surface area contributed by atoms with Crippen LogP contribution in [0.15, 0.2) is 57.5 Å². The van der Waals surface area contributed by atoms with Crippen molar-refractivity contribution in [2.75, 3.05) is 20.1 Å². The molecule has 0 amide bonds. The van der Waals surface area contributed by atoms with E-state index in [9.17, 15) is 0 Å². The first-order valence-corrected chi connectivity index (χ1v) is 10.8. The molecule has 1 unspecified atom stereocenters. The number of fused-ring (bicyclic) bond motifs is 1. The molecule has 0 aliphatic carbocycles. The van der Waals surface area contributed by atoms with Gasteiger partial charge in [-0.15, -0.1) is 35.3 Å². The number of nitrogens with zero attached hydrogens (tertiary/aromatic N) is 3. The molecule has 4 rings (SSSR count). The lowest BCUT2D eigenvalue weighted by molar-refractivity contribution is 0.192. The number of thiophene rings is 1. The largest absolute Gasteiger partial charge is 0.444 e. The molecule has 0 fully saturated rings. The molecule has 2 N–H and O–H groups in total. The van der Waals surface area contributed by atoms with Crippen molar-refractivity contribution in [3.63, 3.8) is 0 Å². The van der Waals surface area contributed by atoms with Gasteiger partial charge in [0.2, 0.25) is 5.89 Å². The Hall–Kier alpha value is -1.91. The molecule has 2 aromatic heterocycles. The Morgan fingerprint density at radius 3 is 2.90 bits per heavy atom. The Kier molecular flexibility index (Phi) is 8.29. The minimum atomic E-state index is 0. The standard InChI is InChI=1S/C22H27N5OS.HI/c1-16(27-10-8-20-18(14-27)9-11-29-20)12-24-22(23-2)25-13-19-15-28-21(26-19)17-6-4-3-5-7-17;/h3-7,9,11,15-16H,8,10,12-14H2,1-2H3,(H2,23,24,25);1H. The number of hydrogen-bond donors (Lipinski definition) is 2. The lowest BCUT2D eigenvalue weighted by Crippen LogP contribution is -2.47. The number of oxazole rings is 1. The van der Waals surface area contributed by atoms with E-state index in [1.54, 1.807) is 18.2 Å². The van der Waals surface area contributed by atoms with Gasteiger partial charge >= 0.3 is 0 Å². The summed E-state index contributed by atoms with van der Waals surface area (Å²) in [5.41, 5.74) is 3.31. The van der Waals surface area contributed by atoms with Crippen LogP contribution in [0.4, 0.5) is 0 Å². The van der Waals surface area contributed by atoms with E-state index in [0.29, 0.717) is 18.5 Å². The maximum absolute atomic E-state index is 5.60. The second kappa shape index (κ2) is 10.9. The highest BCUT2D eigenvalue weighted by molar-refractivity contribution is 14.0. The molecular formula is C22H28IN5OS. The maximum Gasteiger partial charge on any atom is 0.226 e. The van der Waals surface area contributed by atoms with Crippen molar-refractivity contribution in [3.05, 3.63) is 64.2 Å². The fourth-order valence-electron chi connectivity index (χ4n) is 3.52. The highest BCUT2D eigenvalue weighted by Gasteiger charge is 2.21. The van der Waals surface area contributed by atoms with Crippen LogP contribution in [0.3, 0.4) is 0 Å². The van der Waals surface area contributed by atoms with E-state index in [1.807, 2.05) is 41.7 Å². The third kappa shape index (κ3) is 5.61. The monoisotopic (exact) mass is 537 g/mol. The molecule has 1 atom stereocenters. The molecule has 6 nitrogen and oxygen atoms in total. The summed E-state index contributed by atoms with van der Waals surface area (Å²) in [7, 11) is 1.79. The summed E-state index contributed by atoms with van der Waals surface area (Å²) < 4.78 is 5.60. The van der Waals surface area contributed by atoms with Crippen molar-refractivity contribution in [3.8, 4) is 11.5 Å². The van der Waals surface area contributed by atoms with Crippen LogP contribution in [0.25, 0.3) is 11.5 Å². The number of nitrogens with one attached hydrogen (secondary N) is 2. The molecule has 160 valence electrons. The van der Waals surface area contributed by atoms with Gasteiger partial charge in [0.15, 0.2) is 5.96 Å². The van der Waals surface area contributed by atoms with Crippen molar-refractivity contribution in [2.45, 2.75) is 32.5 Å². The lowest BCUT2D eigenvalue weighted by Gasteiger charge is -2.32. The molecule has 0 spiro atoms. The molecule has 0 radical (unpaired) electrons. The summed E-state index contributed by atoms with van der Waals surface area (Å²) in [6, 6.07) is 12.6. The SMILES string of the molecule is CN=C(NCc1coc(-c2ccccc2)n1)NCC(C)N1CCc2sccc2C1.I. The van der Waals surface area contributed by atoms with Gasteiger partial charge < -0.3 is 15.1 Å². The number of hydrogen-bond acceptors (Lipinski definition) is 5.